The van der Waals surface area contributed by atoms with Crippen LogP contribution in [0.2, 0.25) is 0 Å². The molecule has 0 aliphatic heterocycles. The molecule has 18 heavy (non-hydrogen) atoms. The van der Waals surface area contributed by atoms with Crippen LogP contribution in [0.4, 0.5) is 0 Å². The van der Waals surface area contributed by atoms with Crippen LogP contribution in [-0.4, -0.2) is 28.2 Å². The number of aldehydes is 1. The molecule has 0 aromatic rings. The van der Waals surface area contributed by atoms with E-state index in [9.17, 15) is 15.0 Å². The van der Waals surface area contributed by atoms with Gasteiger partial charge in [0.05, 0.1) is 11.7 Å². The Balaban J connectivity index is 2.43. The molecule has 3 atom stereocenters. The first kappa shape index (κ1) is 13.8. The van der Waals surface area contributed by atoms with E-state index < -0.39 is 11.7 Å². The van der Waals surface area contributed by atoms with E-state index in [1.165, 1.54) is 0 Å². The molecule has 2 aliphatic rings. The maximum Gasteiger partial charge on any atom is 0.145 e. The van der Waals surface area contributed by atoms with E-state index >= 15 is 0 Å². The summed E-state index contributed by atoms with van der Waals surface area (Å²) in [6.07, 6.45) is 5.90. The van der Waals surface area contributed by atoms with Crippen LogP contribution in [0.3, 0.4) is 0 Å². The van der Waals surface area contributed by atoms with Gasteiger partial charge in [-0.1, -0.05) is 19.9 Å². The molecule has 0 radical (unpaired) electrons. The zero-order valence-electron chi connectivity index (χ0n) is 11.6. The Labute approximate surface area is 109 Å². The Morgan fingerprint density at radius 3 is 2.50 bits per heavy atom. The molecule has 0 aromatic heterocycles. The minimum atomic E-state index is -1.08. The molecule has 2 N–H and O–H groups in total. The van der Waals surface area contributed by atoms with Crippen molar-refractivity contribution >= 4 is 6.29 Å². The Kier molecular flexibility index (Phi) is 3.19. The Hall–Kier alpha value is -0.670. The van der Waals surface area contributed by atoms with Crippen molar-refractivity contribution in [1.82, 2.24) is 0 Å². The molecule has 1 fully saturated rings. The van der Waals surface area contributed by atoms with Crippen molar-refractivity contribution < 1.29 is 15.0 Å². The number of carbonyl (C=O) groups is 1. The summed E-state index contributed by atoms with van der Waals surface area (Å²) in [5, 5.41) is 21.0. The van der Waals surface area contributed by atoms with Crippen LogP contribution in [-0.2, 0) is 4.79 Å². The average Bonchev–Trinajstić information content (AvgIpc) is 2.34. The van der Waals surface area contributed by atoms with Gasteiger partial charge in [0.25, 0.3) is 0 Å². The number of hydrogen-bond acceptors (Lipinski definition) is 3. The first-order chi connectivity index (χ1) is 8.27. The predicted molar refractivity (Wildman–Crippen MR) is 70.1 cm³/mol. The van der Waals surface area contributed by atoms with Crippen LogP contribution >= 0.6 is 0 Å². The molecule has 0 amide bonds. The first-order valence-corrected chi connectivity index (χ1v) is 6.81. The van der Waals surface area contributed by atoms with E-state index in [2.05, 4.69) is 13.8 Å². The van der Waals surface area contributed by atoms with E-state index in [1.807, 2.05) is 6.08 Å². The van der Waals surface area contributed by atoms with Crippen molar-refractivity contribution in [2.24, 2.45) is 10.8 Å². The van der Waals surface area contributed by atoms with Gasteiger partial charge in [0.15, 0.2) is 0 Å². The summed E-state index contributed by atoms with van der Waals surface area (Å²) in [6, 6.07) is 0. The van der Waals surface area contributed by atoms with Crippen molar-refractivity contribution in [2.45, 2.75) is 64.6 Å². The van der Waals surface area contributed by atoms with E-state index in [1.54, 1.807) is 6.92 Å². The second-order valence-electron chi connectivity index (χ2n) is 6.77. The molecule has 0 aromatic carbocycles. The smallest absolute Gasteiger partial charge is 0.145 e. The van der Waals surface area contributed by atoms with Crippen LogP contribution < -0.4 is 0 Å². The molecular weight excluding hydrogens is 228 g/mol. The number of aliphatic hydroxyl groups excluding tert-OH is 1. The molecule has 1 saturated carbocycles. The number of allylic oxidation sites excluding steroid dienone is 2. The van der Waals surface area contributed by atoms with Gasteiger partial charge in [-0.2, -0.15) is 0 Å². The van der Waals surface area contributed by atoms with Gasteiger partial charge in [-0.15, -0.1) is 0 Å². The standard InChI is InChI=1S/C15H24O3/c1-13(2)7-6-12(17)14(3,18)15(13)8-4-11(10-16)5-9-15/h4,10,12,17-18H,5-9H2,1-3H3. The fourth-order valence-electron chi connectivity index (χ4n) is 4.07. The molecule has 3 heteroatoms. The molecule has 102 valence electrons. The molecule has 3 nitrogen and oxygen atoms in total. The van der Waals surface area contributed by atoms with Crippen LogP contribution in [0.5, 0.6) is 0 Å². The summed E-state index contributed by atoms with van der Waals surface area (Å²) in [6.45, 7) is 6.11. The summed E-state index contributed by atoms with van der Waals surface area (Å²) in [7, 11) is 0. The summed E-state index contributed by atoms with van der Waals surface area (Å²) in [4.78, 5) is 10.8. The highest BCUT2D eigenvalue weighted by Gasteiger charge is 2.61. The van der Waals surface area contributed by atoms with Crippen molar-refractivity contribution in [2.75, 3.05) is 0 Å². The minimum absolute atomic E-state index is 0.0271. The van der Waals surface area contributed by atoms with Gasteiger partial charge in [0.2, 0.25) is 0 Å². The second-order valence-corrected chi connectivity index (χ2v) is 6.77. The lowest BCUT2D eigenvalue weighted by Crippen LogP contribution is -2.64. The average molecular weight is 252 g/mol. The molecule has 1 spiro atoms. The monoisotopic (exact) mass is 252 g/mol. The van der Waals surface area contributed by atoms with Gasteiger partial charge in [-0.25, -0.2) is 0 Å². The Morgan fingerprint density at radius 2 is 2.00 bits per heavy atom. The number of hydrogen-bond donors (Lipinski definition) is 2. The molecule has 0 heterocycles. The van der Waals surface area contributed by atoms with E-state index in [-0.39, 0.29) is 10.8 Å². The van der Waals surface area contributed by atoms with Gasteiger partial charge in [0, 0.05) is 5.41 Å². The fourth-order valence-corrected chi connectivity index (χ4v) is 4.07. The zero-order valence-corrected chi connectivity index (χ0v) is 11.6. The van der Waals surface area contributed by atoms with E-state index in [0.717, 1.165) is 24.7 Å². The third-order valence-corrected chi connectivity index (χ3v) is 5.66. The van der Waals surface area contributed by atoms with Crippen molar-refractivity contribution in [3.8, 4) is 0 Å². The van der Waals surface area contributed by atoms with Crippen molar-refractivity contribution in [3.05, 3.63) is 11.6 Å². The predicted octanol–water partition coefficient (Wildman–Crippen LogP) is 2.21. The molecule has 3 unspecified atom stereocenters. The quantitative estimate of drug-likeness (QED) is 0.703. The van der Waals surface area contributed by atoms with Gasteiger partial charge in [-0.3, -0.25) is 4.79 Å². The van der Waals surface area contributed by atoms with Gasteiger partial charge in [-0.05, 0) is 50.0 Å². The van der Waals surface area contributed by atoms with Gasteiger partial charge < -0.3 is 10.2 Å². The fraction of sp³-hybridized carbons (Fsp3) is 0.800. The highest BCUT2D eigenvalue weighted by Crippen LogP contribution is 2.61. The summed E-state index contributed by atoms with van der Waals surface area (Å²) in [5.41, 5.74) is -0.614. The number of carbonyl (C=O) groups excluding carboxylic acids is 1. The maximum atomic E-state index is 10.8. The lowest BCUT2D eigenvalue weighted by molar-refractivity contribution is -0.224. The maximum absolute atomic E-state index is 10.8. The van der Waals surface area contributed by atoms with Gasteiger partial charge in [0.1, 0.15) is 6.29 Å². The van der Waals surface area contributed by atoms with Crippen LogP contribution in [0.25, 0.3) is 0 Å². The van der Waals surface area contributed by atoms with Crippen molar-refractivity contribution in [3.63, 3.8) is 0 Å². The second kappa shape index (κ2) is 4.17. The number of rotatable bonds is 1. The number of aliphatic hydroxyl groups is 2. The molecule has 2 aliphatic carbocycles. The van der Waals surface area contributed by atoms with Gasteiger partial charge >= 0.3 is 0 Å². The molecule has 2 rings (SSSR count). The third-order valence-electron chi connectivity index (χ3n) is 5.66. The largest absolute Gasteiger partial charge is 0.390 e. The van der Waals surface area contributed by atoms with E-state index in [0.29, 0.717) is 19.3 Å². The molecule has 0 saturated heterocycles. The lowest BCUT2D eigenvalue weighted by atomic mass is 9.46. The highest BCUT2D eigenvalue weighted by molar-refractivity contribution is 5.73. The highest BCUT2D eigenvalue weighted by atomic mass is 16.3. The SMILES string of the molecule is CC1(C)CCC(O)C(C)(O)C12CC=C(C=O)CC2. The van der Waals surface area contributed by atoms with Crippen LogP contribution in [0, 0.1) is 10.8 Å². The first-order valence-electron chi connectivity index (χ1n) is 6.81. The zero-order chi connectivity index (χ0) is 13.6. The summed E-state index contributed by atoms with van der Waals surface area (Å²) >= 11 is 0. The van der Waals surface area contributed by atoms with E-state index in [4.69, 9.17) is 0 Å². The van der Waals surface area contributed by atoms with Crippen molar-refractivity contribution in [1.29, 1.82) is 0 Å². The third kappa shape index (κ3) is 1.68. The summed E-state index contributed by atoms with van der Waals surface area (Å²) < 4.78 is 0. The molecule has 0 bridgehead atoms. The molecular formula is C15H24O3. The lowest BCUT2D eigenvalue weighted by Gasteiger charge is -2.61. The van der Waals surface area contributed by atoms with Crippen LogP contribution in [0.1, 0.15) is 52.9 Å². The normalized spacial score (nSPS) is 43.6. The topological polar surface area (TPSA) is 57.5 Å². The Morgan fingerprint density at radius 1 is 1.33 bits per heavy atom. The summed E-state index contributed by atoms with van der Waals surface area (Å²) in [5.74, 6) is 0. The minimum Gasteiger partial charge on any atom is -0.390 e. The van der Waals surface area contributed by atoms with Crippen LogP contribution in [0.15, 0.2) is 11.6 Å². The Bertz CT molecular complexity index is 381.